The van der Waals surface area contributed by atoms with Crippen LogP contribution < -0.4 is 10.2 Å². The number of aromatic nitrogens is 1. The van der Waals surface area contributed by atoms with E-state index < -0.39 is 0 Å². The van der Waals surface area contributed by atoms with Crippen molar-refractivity contribution in [3.05, 3.63) is 23.9 Å². The molecule has 2 fully saturated rings. The summed E-state index contributed by atoms with van der Waals surface area (Å²) in [5, 5.41) is 12.6. The summed E-state index contributed by atoms with van der Waals surface area (Å²) < 4.78 is 0. The maximum Gasteiger partial charge on any atom is 0.128 e. The van der Waals surface area contributed by atoms with E-state index in [1.54, 1.807) is 0 Å². The van der Waals surface area contributed by atoms with Gasteiger partial charge in [-0.3, -0.25) is 0 Å². The first-order valence-electron chi connectivity index (χ1n) is 6.89. The van der Waals surface area contributed by atoms with E-state index in [9.17, 15) is 0 Å². The molecule has 1 aromatic rings. The maximum absolute atomic E-state index is 9.15. The fraction of sp³-hybridized carbons (Fsp3) is 0.643. The van der Waals surface area contributed by atoms with Crippen LogP contribution in [0, 0.1) is 5.92 Å². The number of nitrogens with one attached hydrogen (secondary N) is 1. The van der Waals surface area contributed by atoms with Crippen LogP contribution in [0.2, 0.25) is 0 Å². The third kappa shape index (κ3) is 2.82. The SMILES string of the molecule is OCC1CCN(c2ccc(CNC3CC3)cn2)C1. The predicted octanol–water partition coefficient (Wildman–Crippen LogP) is 1.15. The zero-order valence-corrected chi connectivity index (χ0v) is 10.7. The molecule has 2 aliphatic rings. The van der Waals surface area contributed by atoms with Gasteiger partial charge < -0.3 is 15.3 Å². The number of hydrogen-bond acceptors (Lipinski definition) is 4. The van der Waals surface area contributed by atoms with Crippen molar-refractivity contribution < 1.29 is 5.11 Å². The molecule has 3 rings (SSSR count). The van der Waals surface area contributed by atoms with E-state index >= 15 is 0 Å². The van der Waals surface area contributed by atoms with E-state index in [-0.39, 0.29) is 0 Å². The number of rotatable bonds is 5. The first kappa shape index (κ1) is 11.9. The van der Waals surface area contributed by atoms with E-state index in [2.05, 4.69) is 27.3 Å². The Balaban J connectivity index is 1.56. The monoisotopic (exact) mass is 247 g/mol. The molecule has 0 radical (unpaired) electrons. The third-order valence-corrected chi connectivity index (χ3v) is 3.85. The predicted molar refractivity (Wildman–Crippen MR) is 71.5 cm³/mol. The zero-order valence-electron chi connectivity index (χ0n) is 10.7. The molecule has 0 amide bonds. The highest BCUT2D eigenvalue weighted by Gasteiger charge is 2.23. The minimum absolute atomic E-state index is 0.292. The molecule has 2 N–H and O–H groups in total. The topological polar surface area (TPSA) is 48.4 Å². The van der Waals surface area contributed by atoms with Gasteiger partial charge in [0.15, 0.2) is 0 Å². The molecule has 0 spiro atoms. The van der Waals surface area contributed by atoms with Crippen molar-refractivity contribution in [2.75, 3.05) is 24.6 Å². The summed E-state index contributed by atoms with van der Waals surface area (Å²) in [7, 11) is 0. The number of aliphatic hydroxyl groups excluding tert-OH is 1. The van der Waals surface area contributed by atoms with E-state index in [1.807, 2.05) is 6.20 Å². The minimum atomic E-state index is 0.292. The van der Waals surface area contributed by atoms with Crippen molar-refractivity contribution in [3.63, 3.8) is 0 Å². The highest BCUT2D eigenvalue weighted by Crippen LogP contribution is 2.22. The molecular weight excluding hydrogens is 226 g/mol. The second-order valence-electron chi connectivity index (χ2n) is 5.46. The van der Waals surface area contributed by atoms with Gasteiger partial charge in [-0.15, -0.1) is 0 Å². The van der Waals surface area contributed by atoms with Gasteiger partial charge in [0.25, 0.3) is 0 Å². The lowest BCUT2D eigenvalue weighted by atomic mass is 10.1. The standard InChI is InChI=1S/C14H21N3O/c18-10-12-5-6-17(9-12)14-4-1-11(8-16-14)7-15-13-2-3-13/h1,4,8,12-13,15,18H,2-3,5-7,9-10H2. The molecule has 1 unspecified atom stereocenters. The minimum Gasteiger partial charge on any atom is -0.396 e. The summed E-state index contributed by atoms with van der Waals surface area (Å²) in [6.07, 6.45) is 5.68. The van der Waals surface area contributed by atoms with Crippen LogP contribution in [0.1, 0.15) is 24.8 Å². The lowest BCUT2D eigenvalue weighted by Crippen LogP contribution is -2.22. The molecule has 1 saturated heterocycles. The highest BCUT2D eigenvalue weighted by atomic mass is 16.3. The molecule has 1 aliphatic heterocycles. The molecule has 0 bridgehead atoms. The Morgan fingerprint density at radius 2 is 2.22 bits per heavy atom. The third-order valence-electron chi connectivity index (χ3n) is 3.85. The van der Waals surface area contributed by atoms with E-state index in [0.29, 0.717) is 12.5 Å². The van der Waals surface area contributed by atoms with Crippen molar-refractivity contribution in [1.29, 1.82) is 0 Å². The lowest BCUT2D eigenvalue weighted by molar-refractivity contribution is 0.238. The van der Waals surface area contributed by atoms with Gasteiger partial charge in [-0.25, -0.2) is 4.98 Å². The van der Waals surface area contributed by atoms with E-state index in [4.69, 9.17) is 5.11 Å². The molecule has 1 saturated carbocycles. The molecule has 0 aromatic carbocycles. The Bertz CT molecular complexity index is 389. The molecule has 1 atom stereocenters. The average Bonchev–Trinajstić information content (AvgIpc) is 3.12. The molecular formula is C14H21N3O. The van der Waals surface area contributed by atoms with Crippen molar-refractivity contribution in [2.45, 2.75) is 31.8 Å². The van der Waals surface area contributed by atoms with Crippen molar-refractivity contribution in [2.24, 2.45) is 5.92 Å². The van der Waals surface area contributed by atoms with Gasteiger partial charge >= 0.3 is 0 Å². The normalized spacial score (nSPS) is 23.6. The van der Waals surface area contributed by atoms with Gasteiger partial charge in [0.2, 0.25) is 0 Å². The van der Waals surface area contributed by atoms with Gasteiger partial charge in [-0.05, 0) is 30.9 Å². The molecule has 1 aliphatic carbocycles. The number of aliphatic hydroxyl groups is 1. The molecule has 18 heavy (non-hydrogen) atoms. The van der Waals surface area contributed by atoms with E-state index in [1.165, 1.54) is 18.4 Å². The van der Waals surface area contributed by atoms with Crippen LogP contribution in [0.4, 0.5) is 5.82 Å². The van der Waals surface area contributed by atoms with Crippen LogP contribution in [0.15, 0.2) is 18.3 Å². The van der Waals surface area contributed by atoms with Crippen LogP contribution in [-0.2, 0) is 6.54 Å². The summed E-state index contributed by atoms with van der Waals surface area (Å²) in [5.41, 5.74) is 1.25. The number of anilines is 1. The quantitative estimate of drug-likeness (QED) is 0.819. The van der Waals surface area contributed by atoms with E-state index in [0.717, 1.165) is 37.9 Å². The Hall–Kier alpha value is -1.13. The second kappa shape index (κ2) is 5.24. The molecule has 4 nitrogen and oxygen atoms in total. The van der Waals surface area contributed by atoms with Crippen LogP contribution >= 0.6 is 0 Å². The van der Waals surface area contributed by atoms with Crippen LogP contribution in [0.3, 0.4) is 0 Å². The van der Waals surface area contributed by atoms with Crippen LogP contribution in [-0.4, -0.2) is 35.8 Å². The van der Waals surface area contributed by atoms with Gasteiger partial charge in [-0.2, -0.15) is 0 Å². The fourth-order valence-electron chi connectivity index (χ4n) is 2.45. The first-order valence-corrected chi connectivity index (χ1v) is 6.89. The second-order valence-corrected chi connectivity index (χ2v) is 5.46. The summed E-state index contributed by atoms with van der Waals surface area (Å²) in [5.74, 6) is 1.46. The van der Waals surface area contributed by atoms with Crippen molar-refractivity contribution in [3.8, 4) is 0 Å². The smallest absolute Gasteiger partial charge is 0.128 e. The summed E-state index contributed by atoms with van der Waals surface area (Å²) in [4.78, 5) is 6.79. The van der Waals surface area contributed by atoms with Crippen molar-refractivity contribution in [1.82, 2.24) is 10.3 Å². The first-order chi connectivity index (χ1) is 8.85. The summed E-state index contributed by atoms with van der Waals surface area (Å²) in [6, 6.07) is 5.00. The maximum atomic E-state index is 9.15. The lowest BCUT2D eigenvalue weighted by Gasteiger charge is -2.17. The van der Waals surface area contributed by atoms with Gasteiger partial charge in [0.05, 0.1) is 0 Å². The van der Waals surface area contributed by atoms with Gasteiger partial charge in [0, 0.05) is 44.4 Å². The molecule has 1 aromatic heterocycles. The number of pyridine rings is 1. The zero-order chi connectivity index (χ0) is 12.4. The Kier molecular flexibility index (Phi) is 3.48. The molecule has 2 heterocycles. The fourth-order valence-corrected chi connectivity index (χ4v) is 2.45. The highest BCUT2D eigenvalue weighted by molar-refractivity contribution is 5.40. The molecule has 4 heteroatoms. The van der Waals surface area contributed by atoms with Gasteiger partial charge in [-0.1, -0.05) is 6.07 Å². The summed E-state index contributed by atoms with van der Waals surface area (Å²) in [6.45, 7) is 3.16. The van der Waals surface area contributed by atoms with Gasteiger partial charge in [0.1, 0.15) is 5.82 Å². The molecule has 98 valence electrons. The summed E-state index contributed by atoms with van der Waals surface area (Å²) >= 11 is 0. The van der Waals surface area contributed by atoms with Crippen LogP contribution in [0.5, 0.6) is 0 Å². The largest absolute Gasteiger partial charge is 0.396 e. The Morgan fingerprint density at radius 3 is 2.83 bits per heavy atom. The Morgan fingerprint density at radius 1 is 1.33 bits per heavy atom. The van der Waals surface area contributed by atoms with Crippen LogP contribution in [0.25, 0.3) is 0 Å². The number of nitrogens with zero attached hydrogens (tertiary/aromatic N) is 2. The Labute approximate surface area is 108 Å². The average molecular weight is 247 g/mol. The number of hydrogen-bond donors (Lipinski definition) is 2. The van der Waals surface area contributed by atoms with Crippen molar-refractivity contribution >= 4 is 5.82 Å².